The van der Waals surface area contributed by atoms with E-state index in [-0.39, 0.29) is 5.91 Å². The van der Waals surface area contributed by atoms with Gasteiger partial charge in [0.25, 0.3) is 5.91 Å². The van der Waals surface area contributed by atoms with Gasteiger partial charge in [0.05, 0.1) is 6.21 Å². The van der Waals surface area contributed by atoms with Crippen LogP contribution in [0, 0.1) is 0 Å². The predicted molar refractivity (Wildman–Crippen MR) is 113 cm³/mol. The Morgan fingerprint density at radius 3 is 2.29 bits per heavy atom. The molecule has 5 nitrogen and oxygen atoms in total. The van der Waals surface area contributed by atoms with E-state index in [9.17, 15) is 4.79 Å². The van der Waals surface area contributed by atoms with Crippen molar-refractivity contribution >= 4 is 17.8 Å². The second-order valence-electron chi connectivity index (χ2n) is 6.48. The van der Waals surface area contributed by atoms with Crippen LogP contribution >= 0.6 is 0 Å². The summed E-state index contributed by atoms with van der Waals surface area (Å²) in [6.07, 6.45) is 1.60. The first-order valence-electron chi connectivity index (χ1n) is 8.99. The molecule has 0 fully saturated rings. The summed E-state index contributed by atoms with van der Waals surface area (Å²) in [7, 11) is 3.91. The monoisotopic (exact) mass is 373 g/mol. The minimum Gasteiger partial charge on any atom is -0.489 e. The molecule has 0 heterocycles. The van der Waals surface area contributed by atoms with Crippen molar-refractivity contribution in [1.82, 2.24) is 5.43 Å². The average Bonchev–Trinajstić information content (AvgIpc) is 2.74. The summed E-state index contributed by atoms with van der Waals surface area (Å²) in [5.41, 5.74) is 6.13. The number of nitrogens with one attached hydrogen (secondary N) is 1. The minimum atomic E-state index is -0.246. The van der Waals surface area contributed by atoms with Gasteiger partial charge in [0, 0.05) is 25.3 Å². The summed E-state index contributed by atoms with van der Waals surface area (Å²) < 4.78 is 5.76. The summed E-state index contributed by atoms with van der Waals surface area (Å²) in [6, 6.07) is 24.9. The number of hydrogen-bond acceptors (Lipinski definition) is 4. The number of rotatable bonds is 7. The number of ether oxygens (including phenoxy) is 1. The maximum absolute atomic E-state index is 12.1. The maximum Gasteiger partial charge on any atom is 0.271 e. The molecule has 0 saturated carbocycles. The number of nitrogens with zero attached hydrogens (tertiary/aromatic N) is 2. The molecule has 0 aliphatic heterocycles. The van der Waals surface area contributed by atoms with Crippen molar-refractivity contribution in [3.05, 3.63) is 95.6 Å². The third kappa shape index (κ3) is 5.45. The molecule has 3 aromatic carbocycles. The smallest absolute Gasteiger partial charge is 0.271 e. The van der Waals surface area contributed by atoms with Crippen molar-refractivity contribution in [2.75, 3.05) is 19.0 Å². The van der Waals surface area contributed by atoms with Crippen LogP contribution in [0.15, 0.2) is 84.0 Å². The lowest BCUT2D eigenvalue weighted by Gasteiger charge is -2.12. The molecule has 0 aliphatic carbocycles. The van der Waals surface area contributed by atoms with Crippen LogP contribution in [0.1, 0.15) is 21.5 Å². The Morgan fingerprint density at radius 2 is 1.64 bits per heavy atom. The van der Waals surface area contributed by atoms with Gasteiger partial charge >= 0.3 is 0 Å². The highest BCUT2D eigenvalue weighted by Gasteiger charge is 2.04. The van der Waals surface area contributed by atoms with Crippen molar-refractivity contribution < 1.29 is 9.53 Å². The summed E-state index contributed by atoms with van der Waals surface area (Å²) in [5, 5.41) is 4.02. The van der Waals surface area contributed by atoms with Gasteiger partial charge in [0.15, 0.2) is 0 Å². The molecular formula is C23H23N3O2. The molecule has 0 spiro atoms. The third-order valence-electron chi connectivity index (χ3n) is 4.15. The lowest BCUT2D eigenvalue weighted by molar-refractivity contribution is 0.0955. The number of hydrazone groups is 1. The fraction of sp³-hybridized carbons (Fsp3) is 0.130. The highest BCUT2D eigenvalue weighted by Crippen LogP contribution is 2.14. The Morgan fingerprint density at radius 1 is 0.964 bits per heavy atom. The molecule has 3 rings (SSSR count). The lowest BCUT2D eigenvalue weighted by atomic mass is 10.2. The molecule has 1 N–H and O–H groups in total. The zero-order chi connectivity index (χ0) is 19.8. The lowest BCUT2D eigenvalue weighted by Crippen LogP contribution is -2.17. The van der Waals surface area contributed by atoms with Crippen molar-refractivity contribution in [1.29, 1.82) is 0 Å². The number of amides is 1. The van der Waals surface area contributed by atoms with E-state index in [4.69, 9.17) is 4.74 Å². The zero-order valence-electron chi connectivity index (χ0n) is 16.0. The van der Waals surface area contributed by atoms with Gasteiger partial charge in [-0.2, -0.15) is 5.10 Å². The topological polar surface area (TPSA) is 53.9 Å². The van der Waals surface area contributed by atoms with E-state index in [2.05, 4.69) is 10.5 Å². The maximum atomic E-state index is 12.1. The van der Waals surface area contributed by atoms with E-state index in [1.54, 1.807) is 18.3 Å². The average molecular weight is 373 g/mol. The van der Waals surface area contributed by atoms with Crippen molar-refractivity contribution in [2.45, 2.75) is 6.61 Å². The summed E-state index contributed by atoms with van der Waals surface area (Å²) in [6.45, 7) is 0.525. The molecule has 0 radical (unpaired) electrons. The number of carbonyl (C=O) groups excluding carboxylic acids is 1. The summed E-state index contributed by atoms with van der Waals surface area (Å²) >= 11 is 0. The Kier molecular flexibility index (Phi) is 6.41. The molecule has 0 unspecified atom stereocenters. The molecule has 0 aliphatic rings. The number of carbonyl (C=O) groups is 1. The summed E-state index contributed by atoms with van der Waals surface area (Å²) in [5.74, 6) is 0.537. The fourth-order valence-electron chi connectivity index (χ4n) is 2.53. The van der Waals surface area contributed by atoms with Crippen LogP contribution in [0.4, 0.5) is 5.69 Å². The van der Waals surface area contributed by atoms with Crippen LogP contribution in [-0.2, 0) is 6.61 Å². The van der Waals surface area contributed by atoms with Gasteiger partial charge in [-0.25, -0.2) is 5.43 Å². The van der Waals surface area contributed by atoms with Gasteiger partial charge in [-0.15, -0.1) is 0 Å². The zero-order valence-corrected chi connectivity index (χ0v) is 16.0. The molecule has 5 heteroatoms. The second kappa shape index (κ2) is 9.37. The minimum absolute atomic E-state index is 0.246. The van der Waals surface area contributed by atoms with Crippen LogP contribution in [0.2, 0.25) is 0 Å². The first-order chi connectivity index (χ1) is 13.6. The largest absolute Gasteiger partial charge is 0.489 e. The highest BCUT2D eigenvalue weighted by molar-refractivity contribution is 5.95. The van der Waals surface area contributed by atoms with Crippen molar-refractivity contribution in [3.63, 3.8) is 0 Å². The first kappa shape index (κ1) is 19.2. The van der Waals surface area contributed by atoms with E-state index >= 15 is 0 Å². The van der Waals surface area contributed by atoms with Gasteiger partial charge in [-0.1, -0.05) is 30.3 Å². The van der Waals surface area contributed by atoms with Crippen LogP contribution in [0.5, 0.6) is 5.75 Å². The number of hydrogen-bond donors (Lipinski definition) is 1. The molecule has 0 bridgehead atoms. The fourth-order valence-corrected chi connectivity index (χ4v) is 2.53. The molecule has 3 aromatic rings. The molecule has 1 amide bonds. The van der Waals surface area contributed by atoms with Crippen LogP contribution < -0.4 is 15.1 Å². The van der Waals surface area contributed by atoms with Crippen LogP contribution in [-0.4, -0.2) is 26.2 Å². The SMILES string of the molecule is CN(C)c1ccc(C(=O)N/N=C/c2ccc(OCc3ccccc3)cc2)cc1. The molecule has 0 aromatic heterocycles. The molecule has 0 atom stereocenters. The third-order valence-corrected chi connectivity index (χ3v) is 4.15. The second-order valence-corrected chi connectivity index (χ2v) is 6.48. The highest BCUT2D eigenvalue weighted by atomic mass is 16.5. The van der Waals surface area contributed by atoms with Crippen LogP contribution in [0.25, 0.3) is 0 Å². The number of benzene rings is 3. The van der Waals surface area contributed by atoms with Crippen molar-refractivity contribution in [2.24, 2.45) is 5.10 Å². The van der Waals surface area contributed by atoms with Gasteiger partial charge in [0.2, 0.25) is 0 Å². The van der Waals surface area contributed by atoms with Gasteiger partial charge in [0.1, 0.15) is 12.4 Å². The molecule has 0 saturated heterocycles. The van der Waals surface area contributed by atoms with E-state index in [1.807, 2.05) is 85.7 Å². The predicted octanol–water partition coefficient (Wildman–Crippen LogP) is 4.10. The molecule has 28 heavy (non-hydrogen) atoms. The van der Waals surface area contributed by atoms with E-state index in [1.165, 1.54) is 0 Å². The van der Waals surface area contributed by atoms with Gasteiger partial charge in [-0.05, 0) is 59.7 Å². The molecule has 142 valence electrons. The number of anilines is 1. The standard InChI is InChI=1S/C23H23N3O2/c1-26(2)21-12-10-20(11-13-21)23(27)25-24-16-18-8-14-22(15-9-18)28-17-19-6-4-3-5-7-19/h3-16H,17H2,1-2H3,(H,25,27)/b24-16+. The Labute approximate surface area is 165 Å². The molecular weight excluding hydrogens is 350 g/mol. The van der Waals surface area contributed by atoms with Crippen LogP contribution in [0.3, 0.4) is 0 Å². The van der Waals surface area contributed by atoms with E-state index in [0.29, 0.717) is 12.2 Å². The Hall–Kier alpha value is -3.60. The van der Waals surface area contributed by atoms with Crippen molar-refractivity contribution in [3.8, 4) is 5.75 Å². The van der Waals surface area contributed by atoms with E-state index < -0.39 is 0 Å². The quantitative estimate of drug-likeness (QED) is 0.501. The Balaban J connectivity index is 1.50. The van der Waals surface area contributed by atoms with Gasteiger partial charge in [-0.3, -0.25) is 4.79 Å². The first-order valence-corrected chi connectivity index (χ1v) is 8.99. The Bertz CT molecular complexity index is 918. The van der Waals surface area contributed by atoms with E-state index in [0.717, 1.165) is 22.6 Å². The summed E-state index contributed by atoms with van der Waals surface area (Å²) in [4.78, 5) is 14.1. The normalized spacial score (nSPS) is 10.6. The van der Waals surface area contributed by atoms with Gasteiger partial charge < -0.3 is 9.64 Å².